The Balaban J connectivity index is 1.63. The molecule has 0 aromatic carbocycles. The summed E-state index contributed by atoms with van der Waals surface area (Å²) in [7, 11) is 0. The fourth-order valence-electron chi connectivity index (χ4n) is 8.65. The lowest BCUT2D eigenvalue weighted by molar-refractivity contribution is -0.306. The molecule has 0 radical (unpaired) electrons. The Kier molecular flexibility index (Phi) is 19.3. The quantitative estimate of drug-likeness (QED) is 0.0830. The molecule has 2 aliphatic carbocycles. The summed E-state index contributed by atoms with van der Waals surface area (Å²) in [6.45, 7) is 0.707. The monoisotopic (exact) mass is 793 g/mol. The van der Waals surface area contributed by atoms with Crippen LogP contribution in [0.15, 0.2) is 0 Å². The van der Waals surface area contributed by atoms with Crippen molar-refractivity contribution in [2.45, 2.75) is 188 Å². The van der Waals surface area contributed by atoms with Gasteiger partial charge in [-0.2, -0.15) is 0 Å². The molecule has 2 saturated carbocycles. The summed E-state index contributed by atoms with van der Waals surface area (Å²) in [5.41, 5.74) is 36.0. The molecule has 4 fully saturated rings. The van der Waals surface area contributed by atoms with Gasteiger partial charge in [0.2, 0.25) is 5.91 Å². The van der Waals surface area contributed by atoms with Crippen molar-refractivity contribution in [2.24, 2.45) is 39.8 Å². The van der Waals surface area contributed by atoms with Gasteiger partial charge in [0, 0.05) is 25.2 Å². The van der Waals surface area contributed by atoms with Crippen molar-refractivity contribution in [1.29, 1.82) is 0 Å². The maximum Gasteiger partial charge on any atom is 0.228 e. The molecule has 0 aromatic heterocycles. The van der Waals surface area contributed by atoms with E-state index in [0.717, 1.165) is 51.4 Å². The number of halogens is 1. The zero-order valence-electron chi connectivity index (χ0n) is 32.5. The summed E-state index contributed by atoms with van der Waals surface area (Å²) in [5.74, 6) is -0.432. The molecule has 322 valence electrons. The molecule has 0 aromatic rings. The first-order chi connectivity index (χ1) is 26.4. The van der Waals surface area contributed by atoms with Crippen LogP contribution in [-0.4, -0.2) is 151 Å². The summed E-state index contributed by atoms with van der Waals surface area (Å²) in [6, 6.07) is -4.97. The molecule has 1 amide bonds. The van der Waals surface area contributed by atoms with Gasteiger partial charge < -0.3 is 84.4 Å². The second-order valence-electron chi connectivity index (χ2n) is 16.3. The van der Waals surface area contributed by atoms with Gasteiger partial charge in [-0.25, -0.2) is 4.39 Å². The minimum Gasteiger partial charge on any atom is -0.395 e. The number of aliphatic hydroxyl groups excluding tert-OH is 4. The number of rotatable bonds is 14. The van der Waals surface area contributed by atoms with Crippen LogP contribution in [0.25, 0.3) is 0 Å². The van der Waals surface area contributed by atoms with Crippen LogP contribution in [0.4, 0.5) is 4.39 Å². The van der Waals surface area contributed by atoms with Crippen molar-refractivity contribution >= 4 is 5.91 Å². The number of hydrogen-bond donors (Lipinski definition) is 12. The van der Waals surface area contributed by atoms with E-state index in [9.17, 15) is 25.2 Å². The number of amides is 1. The molecule has 0 spiro atoms. The fraction of sp³-hybridized carbons (Fsp3) is 0.973. The van der Waals surface area contributed by atoms with Crippen LogP contribution >= 0.6 is 0 Å². The van der Waals surface area contributed by atoms with Crippen molar-refractivity contribution in [2.75, 3.05) is 32.8 Å². The Morgan fingerprint density at radius 2 is 1.40 bits per heavy atom. The molecule has 4 rings (SSSR count). The molecule has 2 saturated heterocycles. The van der Waals surface area contributed by atoms with E-state index < -0.39 is 110 Å². The molecular formula is C37H73FN8O9. The standard InChI is InChI=1S/C37H73FN8O9/c38-28-32(54-34-22(42)17-24(48)25(18-40)52-34)21(41)16-23(33(28)55-35-31(50)29(44)30(49)26(53-35)19-45-15-11-14-39)46-36(51)37(27(43)20-47)12-9-7-5-3-1-2-4-6-8-10-13-37/h21-35,45,47-50H,1-20,39-44H2,(H,46,51). The first-order valence-corrected chi connectivity index (χ1v) is 20.7. The maximum atomic E-state index is 17.2. The number of carbonyl (C=O) groups is 1. The summed E-state index contributed by atoms with van der Waals surface area (Å²) in [5, 5.41) is 49.0. The van der Waals surface area contributed by atoms with Crippen molar-refractivity contribution in [3.63, 3.8) is 0 Å². The highest BCUT2D eigenvalue weighted by Gasteiger charge is 2.53. The van der Waals surface area contributed by atoms with E-state index in [4.69, 9.17) is 53.3 Å². The smallest absolute Gasteiger partial charge is 0.228 e. The number of nitrogens with two attached hydrogens (primary N) is 6. The van der Waals surface area contributed by atoms with Crippen molar-refractivity contribution in [3.8, 4) is 0 Å². The second kappa shape index (κ2) is 22.8. The molecule has 55 heavy (non-hydrogen) atoms. The summed E-state index contributed by atoms with van der Waals surface area (Å²) in [4.78, 5) is 14.7. The van der Waals surface area contributed by atoms with E-state index in [-0.39, 0.29) is 25.9 Å². The summed E-state index contributed by atoms with van der Waals surface area (Å²) >= 11 is 0. The van der Waals surface area contributed by atoms with Crippen molar-refractivity contribution < 1.29 is 48.6 Å². The highest BCUT2D eigenvalue weighted by molar-refractivity contribution is 5.84. The van der Waals surface area contributed by atoms with E-state index >= 15 is 4.39 Å². The Morgan fingerprint density at radius 1 is 0.818 bits per heavy atom. The number of aliphatic hydroxyl groups is 4. The Hall–Kier alpha value is -1.20. The van der Waals surface area contributed by atoms with Crippen molar-refractivity contribution in [1.82, 2.24) is 10.6 Å². The Labute approximate surface area is 325 Å². The van der Waals surface area contributed by atoms with Gasteiger partial charge in [0.05, 0.1) is 48.5 Å². The predicted molar refractivity (Wildman–Crippen MR) is 204 cm³/mol. The second-order valence-corrected chi connectivity index (χ2v) is 16.3. The molecule has 2 aliphatic heterocycles. The molecule has 15 atom stereocenters. The van der Waals surface area contributed by atoms with Gasteiger partial charge >= 0.3 is 0 Å². The van der Waals surface area contributed by atoms with E-state index in [1.165, 1.54) is 12.8 Å². The molecule has 15 unspecified atom stereocenters. The third-order valence-corrected chi connectivity index (χ3v) is 12.2. The molecule has 17 nitrogen and oxygen atoms in total. The highest BCUT2D eigenvalue weighted by atomic mass is 19.1. The summed E-state index contributed by atoms with van der Waals surface area (Å²) < 4.78 is 41.4. The third-order valence-electron chi connectivity index (χ3n) is 12.2. The maximum absolute atomic E-state index is 17.2. The minimum absolute atomic E-state index is 0.0215. The largest absolute Gasteiger partial charge is 0.395 e. The molecule has 18 heteroatoms. The normalized spacial score (nSPS) is 40.3. The van der Waals surface area contributed by atoms with Gasteiger partial charge in [0.15, 0.2) is 18.8 Å². The molecule has 4 aliphatic rings. The SMILES string of the molecule is NCCCNCC1OC(OC2C(NC(=O)C3(C(N)CO)CCCCCCCCCCCC3)CC(N)C(OC3OC(CN)C(O)CC3N)C2F)C(O)C(N)C1O. The van der Waals surface area contributed by atoms with Crippen LogP contribution < -0.4 is 45.0 Å². The summed E-state index contributed by atoms with van der Waals surface area (Å²) in [6.07, 6.45) is -1.47. The average molecular weight is 793 g/mol. The lowest BCUT2D eigenvalue weighted by Gasteiger charge is -2.48. The van der Waals surface area contributed by atoms with Gasteiger partial charge in [0.25, 0.3) is 0 Å². The Bertz CT molecular complexity index is 1110. The fourth-order valence-corrected chi connectivity index (χ4v) is 8.65. The van der Waals surface area contributed by atoms with Crippen LogP contribution in [0.2, 0.25) is 0 Å². The molecular weight excluding hydrogens is 719 g/mol. The van der Waals surface area contributed by atoms with Gasteiger partial charge in [-0.05, 0) is 45.2 Å². The van der Waals surface area contributed by atoms with Gasteiger partial charge in [0.1, 0.15) is 24.4 Å². The van der Waals surface area contributed by atoms with Crippen LogP contribution in [0.5, 0.6) is 0 Å². The number of carbonyl (C=O) groups excluding carboxylic acids is 1. The van der Waals surface area contributed by atoms with E-state index in [1.54, 1.807) is 0 Å². The number of ether oxygens (including phenoxy) is 4. The average Bonchev–Trinajstić information content (AvgIpc) is 3.19. The highest BCUT2D eigenvalue weighted by Crippen LogP contribution is 2.38. The van der Waals surface area contributed by atoms with Crippen LogP contribution in [-0.2, 0) is 23.7 Å². The number of alkyl halides is 1. The first kappa shape index (κ1) is 46.5. The van der Waals surface area contributed by atoms with Gasteiger partial charge in [-0.3, -0.25) is 4.79 Å². The first-order valence-electron chi connectivity index (χ1n) is 20.7. The van der Waals surface area contributed by atoms with Gasteiger partial charge in [-0.15, -0.1) is 0 Å². The zero-order valence-corrected chi connectivity index (χ0v) is 32.5. The predicted octanol–water partition coefficient (Wildman–Crippen LogP) is -2.21. The van der Waals surface area contributed by atoms with E-state index in [2.05, 4.69) is 10.6 Å². The van der Waals surface area contributed by atoms with Crippen LogP contribution in [0.1, 0.15) is 96.3 Å². The van der Waals surface area contributed by atoms with Crippen LogP contribution in [0, 0.1) is 5.41 Å². The van der Waals surface area contributed by atoms with E-state index in [0.29, 0.717) is 32.4 Å². The van der Waals surface area contributed by atoms with Gasteiger partial charge in [-0.1, -0.05) is 64.2 Å². The number of hydrogen-bond acceptors (Lipinski definition) is 16. The lowest BCUT2D eigenvalue weighted by atomic mass is 9.71. The topological polar surface area (TPSA) is 315 Å². The van der Waals surface area contributed by atoms with Crippen molar-refractivity contribution in [3.05, 3.63) is 0 Å². The van der Waals surface area contributed by atoms with E-state index in [1.807, 2.05) is 0 Å². The third kappa shape index (κ3) is 12.2. The minimum atomic E-state index is -2.03. The molecule has 0 bridgehead atoms. The van der Waals surface area contributed by atoms with Crippen LogP contribution in [0.3, 0.4) is 0 Å². The zero-order chi connectivity index (χ0) is 40.1. The Morgan fingerprint density at radius 3 is 1.98 bits per heavy atom. The number of nitrogens with one attached hydrogen (secondary N) is 2. The molecule has 2 heterocycles. The molecule has 18 N–H and O–H groups in total. The lowest BCUT2D eigenvalue weighted by Crippen LogP contribution is -2.69.